The van der Waals surface area contributed by atoms with Gasteiger partial charge in [-0.2, -0.15) is 4.94 Å². The normalized spacial score (nSPS) is 15.6. The number of carbonyl (C=O) groups excluding carboxylic acids is 1. The molecule has 0 bridgehead atoms. The second-order valence-corrected chi connectivity index (χ2v) is 11.1. The van der Waals surface area contributed by atoms with Gasteiger partial charge in [0, 0.05) is 92.0 Å². The summed E-state index contributed by atoms with van der Waals surface area (Å²) in [4.78, 5) is 31.3. The van der Waals surface area contributed by atoms with Crippen LogP contribution in [0.1, 0.15) is 80.4 Å². The smallest absolute Gasteiger partial charge is 0.254 e. The van der Waals surface area contributed by atoms with Crippen molar-refractivity contribution in [1.29, 1.82) is 0 Å². The fourth-order valence-corrected chi connectivity index (χ4v) is 5.68. The van der Waals surface area contributed by atoms with E-state index in [0.29, 0.717) is 56.9 Å². The Morgan fingerprint density at radius 2 is 1.63 bits per heavy atom. The Labute approximate surface area is 343 Å². The number of para-hydroxylation sites is 1. The molecule has 301 valence electrons. The molecule has 14 nitrogen and oxygen atoms in total. The number of aromatic amines is 2. The number of fused-ring (bicyclic) bond motifs is 8. The van der Waals surface area contributed by atoms with Crippen molar-refractivity contribution in [3.05, 3.63) is 64.9 Å². The molecular formula is C38H59FN5O9Y-. The van der Waals surface area contributed by atoms with Gasteiger partial charge >= 0.3 is 0 Å². The van der Waals surface area contributed by atoms with Gasteiger partial charge in [-0.3, -0.25) is 4.79 Å². The van der Waals surface area contributed by atoms with Gasteiger partial charge in [-0.25, -0.2) is 0 Å². The van der Waals surface area contributed by atoms with Crippen LogP contribution in [-0.4, -0.2) is 94.7 Å². The first kappa shape index (κ1) is 51.4. The van der Waals surface area contributed by atoms with Crippen LogP contribution in [0.5, 0.6) is 0 Å². The zero-order valence-corrected chi connectivity index (χ0v) is 35.6. The maximum absolute atomic E-state index is 12.7. The first-order valence-electron chi connectivity index (χ1n) is 17.5. The number of amides is 1. The number of carbonyl (C=O) groups is 1. The summed E-state index contributed by atoms with van der Waals surface area (Å²) in [5.41, 5.74) is 8.83. The number of ether oxygens (including phenoxy) is 4. The zero-order valence-electron chi connectivity index (χ0n) is 32.8. The molecule has 2 atom stereocenters. The van der Waals surface area contributed by atoms with Crippen LogP contribution in [0.2, 0.25) is 0 Å². The van der Waals surface area contributed by atoms with E-state index in [1.54, 1.807) is 13.2 Å². The number of nitrogens with one attached hydrogen (secondary N) is 3. The van der Waals surface area contributed by atoms with E-state index in [0.717, 1.165) is 57.7 Å². The van der Waals surface area contributed by atoms with Crippen molar-refractivity contribution in [2.45, 2.75) is 59.3 Å². The number of benzene rings is 2. The van der Waals surface area contributed by atoms with Gasteiger partial charge in [0.2, 0.25) is 0 Å². The molecule has 6 rings (SSSR count). The molecule has 2 aliphatic rings. The summed E-state index contributed by atoms with van der Waals surface area (Å²) in [6, 6.07) is 7.88. The maximum Gasteiger partial charge on any atom is 0.254 e. The largest absolute Gasteiger partial charge is 0.465 e. The Balaban J connectivity index is 0.000000850. The standard InChI is InChI=1S/C21H17N3O2.C8H18NO5.C6H12O.C2H6.CH3FO.H3N.Y/c1-3-7-10-12(4-2)22-18-14(10)16-17(21(26)24-20(16)25)15-11-8-5-6-9-13(11)23-19(15)18;1-10-3-4-12-5-6-13-7-8-14-9-11-2;1-6-4-2-3-5-7-6;1-2;1-3-2;;/h3-9,20,22-23,25H,2H2,1H3,(H,24,26);3-8H2,1-2H3;6H,2-5H2,1H3;1-2H3;1H3;1H3;/q;-1;;;;;/b7-3-;;;;;;. The van der Waals surface area contributed by atoms with Gasteiger partial charge < -0.3 is 60.8 Å². The minimum atomic E-state index is -1.03. The second-order valence-electron chi connectivity index (χ2n) is 11.1. The summed E-state index contributed by atoms with van der Waals surface area (Å²) in [5, 5.41) is 15.9. The Bertz CT molecular complexity index is 1650. The van der Waals surface area contributed by atoms with Crippen LogP contribution >= 0.6 is 0 Å². The average Bonchev–Trinajstić information content (AvgIpc) is 3.81. The molecule has 1 saturated heterocycles. The Morgan fingerprint density at radius 1 is 1.00 bits per heavy atom. The number of aliphatic hydroxyl groups excluding tert-OH is 1. The van der Waals surface area contributed by atoms with E-state index in [2.05, 4.69) is 49.0 Å². The summed E-state index contributed by atoms with van der Waals surface area (Å²) in [7, 11) is 4.01. The number of methoxy groups -OCH3 is 1. The molecule has 1 radical (unpaired) electrons. The molecule has 0 saturated carbocycles. The molecule has 54 heavy (non-hydrogen) atoms. The fraction of sp³-hybridized carbons (Fsp3) is 0.500. The minimum absolute atomic E-state index is 0. The molecule has 4 heterocycles. The van der Waals surface area contributed by atoms with Crippen molar-refractivity contribution in [1.82, 2.24) is 21.4 Å². The summed E-state index contributed by atoms with van der Waals surface area (Å²) < 4.78 is 30.2. The van der Waals surface area contributed by atoms with Gasteiger partial charge in [0.25, 0.3) is 5.91 Å². The Kier molecular flexibility index (Phi) is 28.2. The fourth-order valence-electron chi connectivity index (χ4n) is 5.68. The van der Waals surface area contributed by atoms with Gasteiger partial charge in [0.1, 0.15) is 0 Å². The summed E-state index contributed by atoms with van der Waals surface area (Å²) in [6.07, 6.45) is 9.07. The van der Waals surface area contributed by atoms with E-state index < -0.39 is 6.23 Å². The molecule has 0 spiro atoms. The number of halogens is 1. The summed E-state index contributed by atoms with van der Waals surface area (Å²) in [5.74, 6) is -0.253. The molecule has 4 aromatic rings. The third-order valence-electron chi connectivity index (χ3n) is 7.78. The predicted molar refractivity (Wildman–Crippen MR) is 208 cm³/mol. The van der Waals surface area contributed by atoms with Crippen LogP contribution in [0.3, 0.4) is 0 Å². The van der Waals surface area contributed by atoms with Gasteiger partial charge in [-0.05, 0) is 49.8 Å². The van der Waals surface area contributed by atoms with Crippen LogP contribution < -0.4 is 11.5 Å². The molecule has 2 aliphatic heterocycles. The van der Waals surface area contributed by atoms with Crippen molar-refractivity contribution in [2.24, 2.45) is 0 Å². The van der Waals surface area contributed by atoms with Crippen molar-refractivity contribution in [2.75, 3.05) is 67.6 Å². The quantitative estimate of drug-likeness (QED) is 0.0650. The number of aliphatic hydroxyl groups is 1. The van der Waals surface area contributed by atoms with Gasteiger partial charge in [0.15, 0.2) is 6.23 Å². The van der Waals surface area contributed by atoms with E-state index in [9.17, 15) is 14.4 Å². The predicted octanol–water partition coefficient (Wildman–Crippen LogP) is 8.02. The first-order chi connectivity index (χ1) is 25.4. The van der Waals surface area contributed by atoms with Gasteiger partial charge in [0.05, 0.1) is 69.5 Å². The third-order valence-corrected chi connectivity index (χ3v) is 7.78. The van der Waals surface area contributed by atoms with Crippen molar-refractivity contribution in [3.8, 4) is 0 Å². The van der Waals surface area contributed by atoms with E-state index in [1.165, 1.54) is 26.4 Å². The number of allylic oxidation sites excluding steroid dienone is 1. The molecular weight excluding hydrogens is 778 g/mol. The summed E-state index contributed by atoms with van der Waals surface area (Å²) in [6.45, 7) is 16.1. The Morgan fingerprint density at radius 3 is 2.19 bits per heavy atom. The van der Waals surface area contributed by atoms with E-state index in [-0.39, 0.29) is 44.8 Å². The molecule has 2 aromatic heterocycles. The van der Waals surface area contributed by atoms with Crippen molar-refractivity contribution < 1.29 is 80.7 Å². The van der Waals surface area contributed by atoms with Gasteiger partial charge in [-0.15, -0.1) is 0 Å². The number of hydrogen-bond donors (Lipinski definition) is 5. The molecule has 2 aromatic carbocycles. The topological polar surface area (TPSA) is 195 Å². The van der Waals surface area contributed by atoms with Crippen molar-refractivity contribution in [3.63, 3.8) is 0 Å². The van der Waals surface area contributed by atoms with Crippen LogP contribution in [0.25, 0.3) is 50.5 Å². The van der Waals surface area contributed by atoms with Crippen LogP contribution in [-0.2, 0) is 66.3 Å². The third kappa shape index (κ3) is 14.8. The Hall–Kier alpha value is -2.64. The molecule has 7 N–H and O–H groups in total. The maximum atomic E-state index is 12.7. The monoisotopic (exact) mass is 837 g/mol. The SMILES string of the molecule is C=Cc1[nH]c2c(c1/C=C\C)c1c(c3c4ccccc4[nH]c23)C(=O)NC1O.CC.CC1CCCCO1.COCCOCCOCCO[N-]OC.COF.N.[Y]. The first-order valence-corrected chi connectivity index (χ1v) is 17.5. The molecule has 2 unspecified atom stereocenters. The molecule has 1 amide bonds. The van der Waals surface area contributed by atoms with Gasteiger partial charge in [-0.1, -0.05) is 50.8 Å². The zero-order chi connectivity index (χ0) is 38.3. The second kappa shape index (κ2) is 29.6. The number of rotatable bonds is 13. The number of hydrogen-bond acceptors (Lipinski definition) is 10. The number of H-pyrrole nitrogens is 2. The average molecular weight is 838 g/mol. The molecule has 0 aliphatic carbocycles. The van der Waals surface area contributed by atoms with Crippen LogP contribution in [0.15, 0.2) is 36.9 Å². The van der Waals surface area contributed by atoms with E-state index in [1.807, 2.05) is 57.2 Å². The van der Waals surface area contributed by atoms with E-state index in [4.69, 9.17) is 18.9 Å². The minimum Gasteiger partial charge on any atom is -0.465 e. The molecule has 1 fully saturated rings. The van der Waals surface area contributed by atoms with Crippen LogP contribution in [0.4, 0.5) is 4.53 Å². The van der Waals surface area contributed by atoms with Crippen LogP contribution in [0, 0.1) is 0 Å². The molecule has 16 heteroatoms. The van der Waals surface area contributed by atoms with E-state index >= 15 is 0 Å². The van der Waals surface area contributed by atoms with Crippen molar-refractivity contribution >= 4 is 50.8 Å². The number of nitrogens with zero attached hydrogens (tertiary/aromatic N) is 1. The summed E-state index contributed by atoms with van der Waals surface area (Å²) >= 11 is 0. The number of aromatic nitrogens is 2.